The minimum absolute atomic E-state index is 0.0676. The van der Waals surface area contributed by atoms with Gasteiger partial charge in [0.1, 0.15) is 0 Å². The van der Waals surface area contributed by atoms with Crippen molar-refractivity contribution in [1.29, 1.82) is 0 Å². The van der Waals surface area contributed by atoms with Crippen molar-refractivity contribution in [1.82, 2.24) is 14.9 Å². The van der Waals surface area contributed by atoms with Crippen LogP contribution in [0.1, 0.15) is 15.9 Å². The van der Waals surface area contributed by atoms with Crippen molar-refractivity contribution in [2.24, 2.45) is 0 Å². The van der Waals surface area contributed by atoms with Gasteiger partial charge in [0.25, 0.3) is 5.91 Å². The van der Waals surface area contributed by atoms with E-state index in [-0.39, 0.29) is 19.1 Å². The average Bonchev–Trinajstić information content (AvgIpc) is 3.16. The first-order valence-electron chi connectivity index (χ1n) is 9.22. The number of hydrogen-bond acceptors (Lipinski definition) is 3. The van der Waals surface area contributed by atoms with Gasteiger partial charge in [0.05, 0.1) is 6.61 Å². The summed E-state index contributed by atoms with van der Waals surface area (Å²) in [7, 11) is 0. The summed E-state index contributed by atoms with van der Waals surface area (Å²) < 4.78 is 2.21. The number of rotatable bonds is 6. The Morgan fingerprint density at radius 1 is 1.04 bits per heavy atom. The van der Waals surface area contributed by atoms with E-state index in [0.717, 1.165) is 28.8 Å². The zero-order chi connectivity index (χ0) is 19.3. The molecule has 28 heavy (non-hydrogen) atoms. The molecule has 1 amide bonds. The fraction of sp³-hybridized carbons (Fsp3) is 0.130. The summed E-state index contributed by atoms with van der Waals surface area (Å²) in [6, 6.07) is 20.0. The first-order chi connectivity index (χ1) is 13.8. The highest BCUT2D eigenvalue weighted by atomic mass is 16.3. The molecule has 2 N–H and O–H groups in total. The molecule has 140 valence electrons. The second-order valence-electron chi connectivity index (χ2n) is 6.60. The lowest BCUT2D eigenvalue weighted by atomic mass is 10.0. The molecule has 4 rings (SSSR count). The summed E-state index contributed by atoms with van der Waals surface area (Å²) in [5.74, 6) is -0.179. The SMILES string of the molecule is O=C(NCCO)c1ccc(-c2cccc3c2ccn3Cc2cccnc2)cc1. The quantitative estimate of drug-likeness (QED) is 0.545. The molecule has 0 radical (unpaired) electrons. The maximum atomic E-state index is 12.0. The Bertz CT molecular complexity index is 1090. The molecule has 0 aliphatic heterocycles. The van der Waals surface area contributed by atoms with E-state index in [1.807, 2.05) is 36.5 Å². The number of nitrogens with zero attached hydrogens (tertiary/aromatic N) is 2. The molecule has 0 fully saturated rings. The minimum atomic E-state index is -0.179. The predicted octanol–water partition coefficient (Wildman–Crippen LogP) is 3.47. The smallest absolute Gasteiger partial charge is 0.251 e. The standard InChI is InChI=1S/C23H21N3O2/c27-14-12-25-23(28)19-8-6-18(7-9-19)20-4-1-5-22-21(20)10-13-26(22)16-17-3-2-11-24-15-17/h1-11,13,15,27H,12,14,16H2,(H,25,28). The van der Waals surface area contributed by atoms with E-state index in [1.165, 1.54) is 5.39 Å². The molecule has 0 saturated carbocycles. The minimum Gasteiger partial charge on any atom is -0.395 e. The highest BCUT2D eigenvalue weighted by Crippen LogP contribution is 2.30. The molecule has 2 aromatic carbocycles. The highest BCUT2D eigenvalue weighted by molar-refractivity contribution is 5.97. The van der Waals surface area contributed by atoms with E-state index in [2.05, 4.69) is 51.4 Å². The zero-order valence-electron chi connectivity index (χ0n) is 15.4. The van der Waals surface area contributed by atoms with Gasteiger partial charge in [0.2, 0.25) is 0 Å². The first kappa shape index (κ1) is 17.9. The van der Waals surface area contributed by atoms with Crippen molar-refractivity contribution in [3.05, 3.63) is 90.4 Å². The maximum Gasteiger partial charge on any atom is 0.251 e. The highest BCUT2D eigenvalue weighted by Gasteiger charge is 2.10. The van der Waals surface area contributed by atoms with Crippen molar-refractivity contribution in [2.45, 2.75) is 6.54 Å². The fourth-order valence-corrected chi connectivity index (χ4v) is 3.37. The summed E-state index contributed by atoms with van der Waals surface area (Å²) in [4.78, 5) is 16.2. The molecular formula is C23H21N3O2. The van der Waals surface area contributed by atoms with Crippen molar-refractivity contribution < 1.29 is 9.90 Å². The number of aromatic nitrogens is 2. The molecule has 0 spiro atoms. The number of aliphatic hydroxyl groups is 1. The predicted molar refractivity (Wildman–Crippen MR) is 110 cm³/mol. The lowest BCUT2D eigenvalue weighted by molar-refractivity contribution is 0.0945. The lowest BCUT2D eigenvalue weighted by Crippen LogP contribution is -2.26. The molecule has 0 aliphatic rings. The van der Waals surface area contributed by atoms with Crippen molar-refractivity contribution in [2.75, 3.05) is 13.2 Å². The van der Waals surface area contributed by atoms with Crippen LogP contribution >= 0.6 is 0 Å². The number of aliphatic hydroxyl groups excluding tert-OH is 1. The van der Waals surface area contributed by atoms with E-state index < -0.39 is 0 Å². The van der Waals surface area contributed by atoms with Gasteiger partial charge in [-0.2, -0.15) is 0 Å². The molecule has 4 aromatic rings. The summed E-state index contributed by atoms with van der Waals surface area (Å²) in [5, 5.41) is 12.7. The number of pyridine rings is 1. The number of carbonyl (C=O) groups is 1. The number of hydrogen-bond donors (Lipinski definition) is 2. The second kappa shape index (κ2) is 8.06. The van der Waals surface area contributed by atoms with Gasteiger partial charge in [0, 0.05) is 48.1 Å². The number of nitrogens with one attached hydrogen (secondary N) is 1. The van der Waals surface area contributed by atoms with Crippen molar-refractivity contribution >= 4 is 16.8 Å². The van der Waals surface area contributed by atoms with E-state index in [4.69, 9.17) is 5.11 Å². The van der Waals surface area contributed by atoms with Crippen molar-refractivity contribution in [3.8, 4) is 11.1 Å². The van der Waals surface area contributed by atoms with E-state index in [0.29, 0.717) is 5.56 Å². The molecule has 0 unspecified atom stereocenters. The largest absolute Gasteiger partial charge is 0.395 e. The van der Waals surface area contributed by atoms with Crippen LogP contribution in [0.3, 0.4) is 0 Å². The Labute approximate surface area is 163 Å². The van der Waals surface area contributed by atoms with Crippen molar-refractivity contribution in [3.63, 3.8) is 0 Å². The summed E-state index contributed by atoms with van der Waals surface area (Å²) in [6.07, 6.45) is 5.76. The molecule has 2 aromatic heterocycles. The van der Waals surface area contributed by atoms with E-state index >= 15 is 0 Å². The van der Waals surface area contributed by atoms with Crippen LogP contribution in [0.5, 0.6) is 0 Å². The molecule has 0 bridgehead atoms. The number of benzene rings is 2. The Hall–Kier alpha value is -3.44. The van der Waals surface area contributed by atoms with E-state index in [1.54, 1.807) is 6.20 Å². The Morgan fingerprint density at radius 2 is 1.89 bits per heavy atom. The number of fused-ring (bicyclic) bond motifs is 1. The van der Waals surface area contributed by atoms with Gasteiger partial charge in [-0.1, -0.05) is 30.3 Å². The van der Waals surface area contributed by atoms with Crippen LogP contribution in [0.25, 0.3) is 22.0 Å². The topological polar surface area (TPSA) is 67.2 Å². The monoisotopic (exact) mass is 371 g/mol. The van der Waals surface area contributed by atoms with Crippen LogP contribution in [-0.4, -0.2) is 33.7 Å². The van der Waals surface area contributed by atoms with Gasteiger partial charge in [-0.25, -0.2) is 0 Å². The maximum absolute atomic E-state index is 12.0. The zero-order valence-corrected chi connectivity index (χ0v) is 15.4. The summed E-state index contributed by atoms with van der Waals surface area (Å²) in [6.45, 7) is 0.955. The normalized spacial score (nSPS) is 10.9. The third-order valence-corrected chi connectivity index (χ3v) is 4.74. The molecule has 5 nitrogen and oxygen atoms in total. The van der Waals surface area contributed by atoms with Crippen LogP contribution in [0.4, 0.5) is 0 Å². The average molecular weight is 371 g/mol. The summed E-state index contributed by atoms with van der Waals surface area (Å²) >= 11 is 0. The molecular weight excluding hydrogens is 350 g/mol. The third kappa shape index (κ3) is 3.66. The van der Waals surface area contributed by atoms with Crippen LogP contribution in [0, 0.1) is 0 Å². The van der Waals surface area contributed by atoms with Crippen LogP contribution < -0.4 is 5.32 Å². The van der Waals surface area contributed by atoms with Crippen LogP contribution in [-0.2, 0) is 6.54 Å². The van der Waals surface area contributed by atoms with Gasteiger partial charge in [-0.3, -0.25) is 9.78 Å². The molecule has 0 aliphatic carbocycles. The van der Waals surface area contributed by atoms with Crippen LogP contribution in [0.15, 0.2) is 79.3 Å². The van der Waals surface area contributed by atoms with Gasteiger partial charge < -0.3 is 15.0 Å². The molecule has 2 heterocycles. The first-order valence-corrected chi connectivity index (χ1v) is 9.22. The molecule has 0 saturated heterocycles. The number of carbonyl (C=O) groups excluding carboxylic acids is 1. The second-order valence-corrected chi connectivity index (χ2v) is 6.60. The lowest BCUT2D eigenvalue weighted by Gasteiger charge is -2.09. The van der Waals surface area contributed by atoms with Gasteiger partial charge in [-0.15, -0.1) is 0 Å². The van der Waals surface area contributed by atoms with Gasteiger partial charge >= 0.3 is 0 Å². The van der Waals surface area contributed by atoms with Crippen LogP contribution in [0.2, 0.25) is 0 Å². The summed E-state index contributed by atoms with van der Waals surface area (Å²) in [5.41, 5.74) is 5.08. The third-order valence-electron chi connectivity index (χ3n) is 4.74. The fourth-order valence-electron chi connectivity index (χ4n) is 3.37. The Balaban J connectivity index is 1.63. The Kier molecular flexibility index (Phi) is 5.17. The van der Waals surface area contributed by atoms with Gasteiger partial charge in [-0.05, 0) is 47.0 Å². The molecule has 5 heteroatoms. The molecule has 0 atom stereocenters. The number of amides is 1. The van der Waals surface area contributed by atoms with Gasteiger partial charge in [0.15, 0.2) is 0 Å². The Morgan fingerprint density at radius 3 is 2.64 bits per heavy atom. The van der Waals surface area contributed by atoms with E-state index in [9.17, 15) is 4.79 Å².